The number of halogens is 1. The molecule has 1 aromatic carbocycles. The molecule has 0 unspecified atom stereocenters. The third-order valence-corrected chi connectivity index (χ3v) is 1.91. The van der Waals surface area contributed by atoms with Crippen LogP contribution in [0, 0.1) is 0 Å². The minimum Gasteiger partial charge on any atom is -0.476 e. The summed E-state index contributed by atoms with van der Waals surface area (Å²) in [7, 11) is 0. The van der Waals surface area contributed by atoms with Crippen molar-refractivity contribution in [1.82, 2.24) is 9.77 Å². The lowest BCUT2D eigenvalue weighted by Gasteiger charge is -2.00. The predicted molar refractivity (Wildman–Crippen MR) is 49.5 cm³/mol. The maximum absolute atomic E-state index is 13.3. The van der Waals surface area contributed by atoms with Crippen molar-refractivity contribution < 1.29 is 14.4 Å². The molecule has 0 bridgehead atoms. The number of hydrogen-bond donors (Lipinski definition) is 1. The normalized spacial score (nSPS) is 10.5. The maximum atomic E-state index is 13.3. The van der Waals surface area contributed by atoms with E-state index in [0.717, 1.165) is 0 Å². The van der Waals surface area contributed by atoms with Gasteiger partial charge in [0.2, 0.25) is 5.69 Å². The van der Waals surface area contributed by atoms with E-state index >= 15 is 0 Å². The molecule has 2 aromatic rings. The van der Waals surface area contributed by atoms with E-state index in [-0.39, 0.29) is 15.8 Å². The van der Waals surface area contributed by atoms with Crippen LogP contribution in [-0.4, -0.2) is 20.8 Å². The second-order valence-electron chi connectivity index (χ2n) is 2.84. The van der Waals surface area contributed by atoms with Crippen LogP contribution in [0.1, 0.15) is 10.5 Å². The number of carbonyl (C=O) groups is 1. The Bertz CT molecular complexity index is 606. The van der Waals surface area contributed by atoms with Crippen LogP contribution in [0.4, 0.5) is 4.48 Å². The molecule has 0 atom stereocenters. The van der Waals surface area contributed by atoms with Crippen molar-refractivity contribution >= 4 is 17.0 Å². The predicted octanol–water partition coefficient (Wildman–Crippen LogP) is 0.827. The highest BCUT2D eigenvalue weighted by molar-refractivity contribution is 5.87. The zero-order valence-corrected chi connectivity index (χ0v) is 7.35. The van der Waals surface area contributed by atoms with E-state index in [2.05, 4.69) is 4.98 Å². The fourth-order valence-electron chi connectivity index (χ4n) is 1.23. The van der Waals surface area contributed by atoms with Gasteiger partial charge in [-0.05, 0) is 12.1 Å². The molecular formula is C9H5FN2O3. The van der Waals surface area contributed by atoms with Crippen molar-refractivity contribution in [3.8, 4) is 0 Å². The van der Waals surface area contributed by atoms with Crippen LogP contribution in [0.2, 0.25) is 0 Å². The Morgan fingerprint density at radius 3 is 2.73 bits per heavy atom. The molecule has 0 saturated carbocycles. The van der Waals surface area contributed by atoms with E-state index in [1.165, 1.54) is 18.2 Å². The molecule has 0 aliphatic rings. The van der Waals surface area contributed by atoms with Crippen molar-refractivity contribution in [3.63, 3.8) is 0 Å². The molecule has 0 saturated heterocycles. The number of benzene rings is 1. The van der Waals surface area contributed by atoms with Gasteiger partial charge in [-0.3, -0.25) is 4.79 Å². The van der Waals surface area contributed by atoms with Gasteiger partial charge >= 0.3 is 11.5 Å². The lowest BCUT2D eigenvalue weighted by molar-refractivity contribution is 0.0686. The lowest BCUT2D eigenvalue weighted by atomic mass is 10.3. The second kappa shape index (κ2) is 3.16. The van der Waals surface area contributed by atoms with Crippen molar-refractivity contribution in [2.75, 3.05) is 0 Å². The fraction of sp³-hybridized carbons (Fsp3) is 0. The summed E-state index contributed by atoms with van der Waals surface area (Å²) >= 11 is 0. The van der Waals surface area contributed by atoms with Crippen LogP contribution in [0.5, 0.6) is 0 Å². The van der Waals surface area contributed by atoms with Gasteiger partial charge in [-0.1, -0.05) is 16.6 Å². The van der Waals surface area contributed by atoms with Crippen LogP contribution in [0.3, 0.4) is 0 Å². The summed E-state index contributed by atoms with van der Waals surface area (Å²) in [6.45, 7) is 0. The minimum absolute atomic E-state index is 0.0486. The molecule has 0 aliphatic carbocycles. The fourth-order valence-corrected chi connectivity index (χ4v) is 1.23. The Labute approximate surface area is 82.3 Å². The van der Waals surface area contributed by atoms with Crippen LogP contribution in [0.15, 0.2) is 29.1 Å². The van der Waals surface area contributed by atoms with Crippen LogP contribution >= 0.6 is 0 Å². The first-order valence-electron chi connectivity index (χ1n) is 4.02. The molecule has 0 amide bonds. The zero-order valence-electron chi connectivity index (χ0n) is 7.35. The number of aromatic carboxylic acids is 1. The van der Waals surface area contributed by atoms with Crippen LogP contribution in [-0.2, 0) is 0 Å². The summed E-state index contributed by atoms with van der Waals surface area (Å²) in [4.78, 5) is 25.1. The van der Waals surface area contributed by atoms with E-state index in [4.69, 9.17) is 5.11 Å². The average Bonchev–Trinajstić information content (AvgIpc) is 2.23. The number of nitrogens with zero attached hydrogens (tertiary/aromatic N) is 2. The molecule has 0 aliphatic heterocycles. The summed E-state index contributed by atoms with van der Waals surface area (Å²) in [6, 6.07) is 5.87. The van der Waals surface area contributed by atoms with E-state index in [0.29, 0.717) is 0 Å². The summed E-state index contributed by atoms with van der Waals surface area (Å²) in [5.74, 6) is -1.54. The Morgan fingerprint density at radius 1 is 1.40 bits per heavy atom. The molecule has 5 nitrogen and oxygen atoms in total. The molecule has 0 fully saturated rings. The summed E-state index contributed by atoms with van der Waals surface area (Å²) in [6.07, 6.45) is 0. The second-order valence-corrected chi connectivity index (χ2v) is 2.84. The minimum atomic E-state index is -1.54. The summed E-state index contributed by atoms with van der Waals surface area (Å²) < 4.78 is 13.3. The van der Waals surface area contributed by atoms with Crippen molar-refractivity contribution in [2.45, 2.75) is 0 Å². The highest BCUT2D eigenvalue weighted by Crippen LogP contribution is 2.09. The van der Waals surface area contributed by atoms with Gasteiger partial charge in [0.15, 0.2) is 0 Å². The molecule has 1 aromatic heterocycles. The SMILES string of the molecule is O=C(O)c1nc2ccccc2n(F)c1=O. The largest absolute Gasteiger partial charge is 0.476 e. The van der Waals surface area contributed by atoms with Crippen LogP contribution in [0.25, 0.3) is 11.0 Å². The Kier molecular flexibility index (Phi) is 1.96. The highest BCUT2D eigenvalue weighted by atomic mass is 19.2. The molecule has 76 valence electrons. The Balaban J connectivity index is 2.95. The number of aromatic nitrogens is 2. The molecule has 6 heteroatoms. The first-order valence-corrected chi connectivity index (χ1v) is 4.02. The maximum Gasteiger partial charge on any atom is 0.360 e. The van der Waals surface area contributed by atoms with E-state index in [1.54, 1.807) is 6.07 Å². The molecule has 0 spiro atoms. The first-order chi connectivity index (χ1) is 7.11. The lowest BCUT2D eigenvalue weighted by Crippen LogP contribution is -2.24. The number of carboxylic acids is 1. The van der Waals surface area contributed by atoms with E-state index in [9.17, 15) is 14.1 Å². The highest BCUT2D eigenvalue weighted by Gasteiger charge is 2.15. The number of hydrogen-bond acceptors (Lipinski definition) is 3. The Hall–Kier alpha value is -2.24. The first kappa shape index (κ1) is 9.32. The third kappa shape index (κ3) is 1.35. The van der Waals surface area contributed by atoms with Gasteiger partial charge in [0.05, 0.1) is 5.52 Å². The van der Waals surface area contributed by atoms with Crippen molar-refractivity contribution in [2.24, 2.45) is 0 Å². The smallest absolute Gasteiger partial charge is 0.360 e. The monoisotopic (exact) mass is 208 g/mol. The van der Waals surface area contributed by atoms with Gasteiger partial charge < -0.3 is 5.11 Å². The number of rotatable bonds is 1. The van der Waals surface area contributed by atoms with Gasteiger partial charge in [-0.2, -0.15) is 0 Å². The average molecular weight is 208 g/mol. The van der Waals surface area contributed by atoms with Gasteiger partial charge in [0.25, 0.3) is 0 Å². The third-order valence-electron chi connectivity index (χ3n) is 1.91. The molecule has 0 radical (unpaired) electrons. The molecule has 1 heterocycles. The van der Waals surface area contributed by atoms with Crippen molar-refractivity contribution in [1.29, 1.82) is 0 Å². The zero-order chi connectivity index (χ0) is 11.0. The quantitative estimate of drug-likeness (QED) is 0.753. The topological polar surface area (TPSA) is 72.2 Å². The molecular weight excluding hydrogens is 203 g/mol. The summed E-state index contributed by atoms with van der Waals surface area (Å²) in [5.41, 5.74) is -2.01. The molecule has 1 N–H and O–H groups in total. The number of fused-ring (bicyclic) bond motifs is 1. The van der Waals surface area contributed by atoms with Gasteiger partial charge in [0, 0.05) is 0 Å². The van der Waals surface area contributed by atoms with Crippen molar-refractivity contribution in [3.05, 3.63) is 40.3 Å². The summed E-state index contributed by atoms with van der Waals surface area (Å²) in [5, 5.41) is 8.61. The van der Waals surface area contributed by atoms with Gasteiger partial charge in [0.1, 0.15) is 5.52 Å². The molecule has 2 rings (SSSR count). The Morgan fingerprint density at radius 2 is 2.07 bits per heavy atom. The van der Waals surface area contributed by atoms with Gasteiger partial charge in [-0.25, -0.2) is 9.78 Å². The molecule has 15 heavy (non-hydrogen) atoms. The standard InChI is InChI=1S/C9H5FN2O3/c10-12-6-4-2-1-3-5(6)11-7(8(12)13)9(14)15/h1-4H,(H,14,15). The number of carboxylic acid groups (broad SMARTS) is 1. The van der Waals surface area contributed by atoms with Gasteiger partial charge in [-0.15, -0.1) is 4.79 Å². The van der Waals surface area contributed by atoms with Crippen LogP contribution < -0.4 is 5.56 Å². The van der Waals surface area contributed by atoms with E-state index < -0.39 is 17.2 Å². The number of para-hydroxylation sites is 2. The van der Waals surface area contributed by atoms with E-state index in [1.807, 2.05) is 0 Å².